The third-order valence-corrected chi connectivity index (χ3v) is 13.7. The molecule has 1 atom stereocenters. The quantitative estimate of drug-likeness (QED) is 0.360. The van der Waals surface area contributed by atoms with Gasteiger partial charge >= 0.3 is 5.97 Å². The molecular weight excluding hydrogens is 432 g/mol. The van der Waals surface area contributed by atoms with Gasteiger partial charge in [-0.15, -0.1) is 0 Å². The number of nitrogens with zero attached hydrogens (tertiary/aromatic N) is 2. The first-order valence-electron chi connectivity index (χ1n) is 11.9. The van der Waals surface area contributed by atoms with Crippen molar-refractivity contribution >= 4 is 30.1 Å². The van der Waals surface area contributed by atoms with Crippen LogP contribution in [0.5, 0.6) is 0 Å². The molecular formula is C26H30N2O4Si. The van der Waals surface area contributed by atoms with Crippen molar-refractivity contribution in [3.63, 3.8) is 0 Å². The van der Waals surface area contributed by atoms with Gasteiger partial charge in [0.15, 0.2) is 5.60 Å². The molecule has 7 heteroatoms. The van der Waals surface area contributed by atoms with Gasteiger partial charge in [-0.25, -0.2) is 9.78 Å². The molecule has 2 aliphatic rings. The fourth-order valence-corrected chi connectivity index (χ4v) is 9.55. The summed E-state index contributed by atoms with van der Waals surface area (Å²) in [6.45, 7) is 8.91. The predicted octanol–water partition coefficient (Wildman–Crippen LogP) is 3.80. The van der Waals surface area contributed by atoms with Crippen molar-refractivity contribution in [1.82, 2.24) is 9.55 Å². The summed E-state index contributed by atoms with van der Waals surface area (Å²) in [4.78, 5) is 31.0. The van der Waals surface area contributed by atoms with Gasteiger partial charge in [0.25, 0.3) is 5.56 Å². The van der Waals surface area contributed by atoms with Crippen LogP contribution in [0, 0.1) is 0 Å². The minimum atomic E-state index is -1.80. The molecule has 6 nitrogen and oxygen atoms in total. The number of cyclic esters (lactones) is 1. The number of aromatic nitrogens is 2. The SMILES string of the molecule is CC[C@@]1(O)C(=O)OCc2c1cc1n(c2=O)Cc2cc3cccc([Si](CC)(CC)CC)c3nc2-1. The summed E-state index contributed by atoms with van der Waals surface area (Å²) in [5.41, 5.74) is 2.16. The zero-order chi connectivity index (χ0) is 23.5. The maximum Gasteiger partial charge on any atom is 0.343 e. The van der Waals surface area contributed by atoms with E-state index in [0.717, 1.165) is 40.3 Å². The van der Waals surface area contributed by atoms with Gasteiger partial charge in [0.1, 0.15) is 6.61 Å². The Morgan fingerprint density at radius 3 is 2.52 bits per heavy atom. The number of para-hydroxylation sites is 1. The number of hydrogen-bond donors (Lipinski definition) is 1. The average Bonchev–Trinajstić information content (AvgIpc) is 3.20. The summed E-state index contributed by atoms with van der Waals surface area (Å²) >= 11 is 0. The van der Waals surface area contributed by atoms with Crippen LogP contribution in [-0.4, -0.2) is 28.7 Å². The molecule has 0 aliphatic carbocycles. The summed E-state index contributed by atoms with van der Waals surface area (Å²) < 4.78 is 6.87. The number of rotatable bonds is 5. The lowest BCUT2D eigenvalue weighted by atomic mass is 9.86. The van der Waals surface area contributed by atoms with E-state index in [1.165, 1.54) is 5.19 Å². The molecule has 0 fully saturated rings. The van der Waals surface area contributed by atoms with Crippen LogP contribution in [0.3, 0.4) is 0 Å². The van der Waals surface area contributed by atoms with Crippen LogP contribution in [0.25, 0.3) is 22.3 Å². The van der Waals surface area contributed by atoms with Gasteiger partial charge in [-0.3, -0.25) is 4.79 Å². The highest BCUT2D eigenvalue weighted by Crippen LogP contribution is 2.38. The second kappa shape index (κ2) is 7.63. The standard InChI is InChI=1S/C26H30N2O4Si/c1-5-26(31)19-13-20-22-17(14-28(20)24(29)18(19)15-32-25(26)30)12-16-10-9-11-21(23(16)27-22)33(6-2,7-3)8-4/h9-13,31H,5-8,14-15H2,1-4H3/t26-/m0/s1. The Morgan fingerprint density at radius 2 is 1.85 bits per heavy atom. The minimum absolute atomic E-state index is 0.108. The van der Waals surface area contributed by atoms with Gasteiger partial charge in [0.2, 0.25) is 0 Å². The van der Waals surface area contributed by atoms with E-state index in [-0.39, 0.29) is 18.6 Å². The number of pyridine rings is 2. The van der Waals surface area contributed by atoms with E-state index in [0.29, 0.717) is 23.4 Å². The Hall–Kier alpha value is -2.77. The first kappa shape index (κ1) is 22.0. The highest BCUT2D eigenvalue weighted by Gasteiger charge is 2.45. The van der Waals surface area contributed by atoms with Gasteiger partial charge < -0.3 is 14.4 Å². The van der Waals surface area contributed by atoms with Crippen molar-refractivity contribution in [2.75, 3.05) is 0 Å². The fourth-order valence-electron chi connectivity index (χ4n) is 5.76. The maximum absolute atomic E-state index is 13.4. The molecule has 0 unspecified atom stereocenters. The molecule has 0 saturated heterocycles. The lowest BCUT2D eigenvalue weighted by molar-refractivity contribution is -0.172. The minimum Gasteiger partial charge on any atom is -0.458 e. The van der Waals surface area contributed by atoms with Crippen molar-refractivity contribution in [3.05, 3.63) is 57.4 Å². The Kier molecular flexibility index (Phi) is 5.10. The van der Waals surface area contributed by atoms with Crippen molar-refractivity contribution in [2.24, 2.45) is 0 Å². The third kappa shape index (κ3) is 2.91. The Labute approximate surface area is 194 Å². The van der Waals surface area contributed by atoms with Crippen molar-refractivity contribution in [1.29, 1.82) is 0 Å². The molecule has 0 saturated carbocycles. The summed E-state index contributed by atoms with van der Waals surface area (Å²) in [5, 5.41) is 13.6. The fraction of sp³-hybridized carbons (Fsp3) is 0.423. The number of esters is 1. The van der Waals surface area contributed by atoms with Crippen LogP contribution >= 0.6 is 0 Å². The summed E-state index contributed by atoms with van der Waals surface area (Å²) in [5.74, 6) is -0.696. The Bertz CT molecular complexity index is 1350. The summed E-state index contributed by atoms with van der Waals surface area (Å²) in [6.07, 6.45) is 0.140. The highest BCUT2D eigenvalue weighted by atomic mass is 28.3. The molecule has 5 rings (SSSR count). The number of aliphatic hydroxyl groups is 1. The van der Waals surface area contributed by atoms with Crippen molar-refractivity contribution in [3.8, 4) is 11.4 Å². The first-order chi connectivity index (χ1) is 15.8. The van der Waals surface area contributed by atoms with Gasteiger partial charge in [-0.2, -0.15) is 0 Å². The van der Waals surface area contributed by atoms with Crippen LogP contribution in [-0.2, 0) is 28.3 Å². The zero-order valence-corrected chi connectivity index (χ0v) is 20.7. The molecule has 2 aromatic heterocycles. The van der Waals surface area contributed by atoms with Crippen molar-refractivity contribution < 1.29 is 14.6 Å². The monoisotopic (exact) mass is 462 g/mol. The van der Waals surface area contributed by atoms with E-state index in [9.17, 15) is 14.7 Å². The van der Waals surface area contributed by atoms with Gasteiger partial charge in [-0.05, 0) is 23.7 Å². The average molecular weight is 463 g/mol. The van der Waals surface area contributed by atoms with E-state index < -0.39 is 19.6 Å². The molecule has 2 aliphatic heterocycles. The molecule has 0 radical (unpaired) electrons. The topological polar surface area (TPSA) is 81.4 Å². The van der Waals surface area contributed by atoms with E-state index in [4.69, 9.17) is 9.72 Å². The molecule has 4 heterocycles. The van der Waals surface area contributed by atoms with E-state index in [1.54, 1.807) is 17.6 Å². The summed E-state index contributed by atoms with van der Waals surface area (Å²) in [6, 6.07) is 13.9. The van der Waals surface area contributed by atoms with Crippen LogP contribution in [0.4, 0.5) is 0 Å². The highest BCUT2D eigenvalue weighted by molar-refractivity contribution is 6.93. The Balaban J connectivity index is 1.78. The number of carbonyl (C=O) groups excluding carboxylic acids is 1. The maximum atomic E-state index is 13.4. The van der Waals surface area contributed by atoms with Gasteiger partial charge in [-0.1, -0.05) is 64.0 Å². The largest absolute Gasteiger partial charge is 0.458 e. The molecule has 0 bridgehead atoms. The second-order valence-corrected chi connectivity index (χ2v) is 14.5. The smallest absolute Gasteiger partial charge is 0.343 e. The molecule has 1 aromatic carbocycles. The van der Waals surface area contributed by atoms with E-state index >= 15 is 0 Å². The summed E-state index contributed by atoms with van der Waals surface area (Å²) in [7, 11) is -1.69. The van der Waals surface area contributed by atoms with Crippen molar-refractivity contribution in [2.45, 2.75) is 71.0 Å². The van der Waals surface area contributed by atoms with Crippen LogP contribution in [0.2, 0.25) is 18.1 Å². The number of fused-ring (bicyclic) bond motifs is 5. The number of benzene rings is 1. The number of hydrogen-bond acceptors (Lipinski definition) is 5. The normalized spacial score (nSPS) is 19.2. The van der Waals surface area contributed by atoms with Crippen LogP contribution < -0.4 is 10.7 Å². The molecule has 3 aromatic rings. The number of ether oxygens (including phenoxy) is 1. The van der Waals surface area contributed by atoms with Crippen LogP contribution in [0.15, 0.2) is 35.1 Å². The third-order valence-electron chi connectivity index (χ3n) is 8.14. The molecule has 0 amide bonds. The van der Waals surface area contributed by atoms with Gasteiger partial charge in [0.05, 0.1) is 37.1 Å². The lowest BCUT2D eigenvalue weighted by Crippen LogP contribution is -2.46. The zero-order valence-electron chi connectivity index (χ0n) is 19.7. The predicted molar refractivity (Wildman–Crippen MR) is 131 cm³/mol. The molecule has 1 N–H and O–H groups in total. The molecule has 33 heavy (non-hydrogen) atoms. The molecule has 172 valence electrons. The first-order valence-corrected chi connectivity index (χ1v) is 14.6. The Morgan fingerprint density at radius 1 is 1.12 bits per heavy atom. The lowest BCUT2D eigenvalue weighted by Gasteiger charge is -2.31. The van der Waals surface area contributed by atoms with E-state index in [1.807, 2.05) is 0 Å². The van der Waals surface area contributed by atoms with Gasteiger partial charge in [0, 0.05) is 16.5 Å². The van der Waals surface area contributed by atoms with Crippen LogP contribution in [0.1, 0.15) is 50.8 Å². The molecule has 0 spiro atoms. The van der Waals surface area contributed by atoms with E-state index in [2.05, 4.69) is 45.0 Å². The second-order valence-electron chi connectivity index (χ2n) is 9.32. The number of carbonyl (C=O) groups is 1.